The van der Waals surface area contributed by atoms with Crippen molar-refractivity contribution in [2.45, 2.75) is 17.4 Å². The van der Waals surface area contributed by atoms with Gasteiger partial charge in [-0.1, -0.05) is 29.8 Å². The molecule has 126 valence electrons. The Balaban J connectivity index is 1.69. The first-order valence-electron chi connectivity index (χ1n) is 7.12. The SMILES string of the molecule is O=S(=O)(NCCC(O)c1cccc(Cl)c1)c1cccc2nsnc12. The smallest absolute Gasteiger partial charge is 0.242 e. The lowest BCUT2D eigenvalue weighted by atomic mass is 10.1. The van der Waals surface area contributed by atoms with E-state index in [-0.39, 0.29) is 17.9 Å². The Morgan fingerprint density at radius 2 is 2.00 bits per heavy atom. The second-order valence-electron chi connectivity index (χ2n) is 5.15. The summed E-state index contributed by atoms with van der Waals surface area (Å²) in [5.41, 5.74) is 1.54. The van der Waals surface area contributed by atoms with E-state index in [1.54, 1.807) is 36.4 Å². The van der Waals surface area contributed by atoms with Gasteiger partial charge >= 0.3 is 0 Å². The lowest BCUT2D eigenvalue weighted by Gasteiger charge is -2.12. The summed E-state index contributed by atoms with van der Waals surface area (Å²) in [5.74, 6) is 0. The van der Waals surface area contributed by atoms with E-state index in [1.807, 2.05) is 0 Å². The fourth-order valence-electron chi connectivity index (χ4n) is 2.29. The fourth-order valence-corrected chi connectivity index (χ4v) is 4.30. The number of nitrogens with zero attached hydrogens (tertiary/aromatic N) is 2. The number of aliphatic hydroxyl groups excluding tert-OH is 1. The molecule has 0 aliphatic rings. The summed E-state index contributed by atoms with van der Waals surface area (Å²) >= 11 is 6.85. The van der Waals surface area contributed by atoms with Crippen LogP contribution in [0.1, 0.15) is 18.1 Å². The van der Waals surface area contributed by atoms with Crippen LogP contribution in [0.25, 0.3) is 11.0 Å². The van der Waals surface area contributed by atoms with E-state index < -0.39 is 16.1 Å². The van der Waals surface area contributed by atoms with Crippen molar-refractivity contribution in [3.05, 3.63) is 53.1 Å². The van der Waals surface area contributed by atoms with Crippen LogP contribution in [0, 0.1) is 0 Å². The number of hydrogen-bond acceptors (Lipinski definition) is 6. The second kappa shape index (κ2) is 7.12. The van der Waals surface area contributed by atoms with Crippen molar-refractivity contribution in [3.63, 3.8) is 0 Å². The molecule has 9 heteroatoms. The molecule has 0 saturated carbocycles. The van der Waals surface area contributed by atoms with E-state index in [0.29, 0.717) is 21.6 Å². The molecular weight excluding hydrogens is 370 g/mol. The van der Waals surface area contributed by atoms with Gasteiger partial charge in [-0.05, 0) is 36.2 Å². The molecule has 3 rings (SSSR count). The van der Waals surface area contributed by atoms with Crippen LogP contribution in [0.4, 0.5) is 0 Å². The number of fused-ring (bicyclic) bond motifs is 1. The summed E-state index contributed by atoms with van der Waals surface area (Å²) in [7, 11) is -3.73. The van der Waals surface area contributed by atoms with Crippen molar-refractivity contribution < 1.29 is 13.5 Å². The first kappa shape index (κ1) is 17.2. The Morgan fingerprint density at radius 1 is 1.21 bits per heavy atom. The second-order valence-corrected chi connectivity index (χ2v) is 7.85. The fraction of sp³-hybridized carbons (Fsp3) is 0.200. The van der Waals surface area contributed by atoms with Gasteiger partial charge in [-0.3, -0.25) is 0 Å². The molecule has 3 aromatic rings. The summed E-state index contributed by atoms with van der Waals surface area (Å²) in [6.45, 7) is 0.0873. The molecule has 0 amide bonds. The molecule has 0 radical (unpaired) electrons. The van der Waals surface area contributed by atoms with Gasteiger partial charge in [0.25, 0.3) is 0 Å². The molecule has 24 heavy (non-hydrogen) atoms. The third kappa shape index (κ3) is 3.73. The van der Waals surface area contributed by atoms with Crippen LogP contribution in [0.15, 0.2) is 47.4 Å². The van der Waals surface area contributed by atoms with Gasteiger partial charge in [0.15, 0.2) is 0 Å². The number of aliphatic hydroxyl groups is 1. The molecule has 6 nitrogen and oxygen atoms in total. The maximum Gasteiger partial charge on any atom is 0.242 e. The lowest BCUT2D eigenvalue weighted by molar-refractivity contribution is 0.169. The zero-order valence-corrected chi connectivity index (χ0v) is 14.8. The highest BCUT2D eigenvalue weighted by Crippen LogP contribution is 2.22. The van der Waals surface area contributed by atoms with Crippen LogP contribution in [-0.2, 0) is 10.0 Å². The van der Waals surface area contributed by atoms with Crippen molar-refractivity contribution in [1.82, 2.24) is 13.5 Å². The minimum absolute atomic E-state index is 0.0873. The van der Waals surface area contributed by atoms with Crippen LogP contribution in [0.3, 0.4) is 0 Å². The van der Waals surface area contributed by atoms with Gasteiger partial charge in [0.2, 0.25) is 10.0 Å². The van der Waals surface area contributed by atoms with Gasteiger partial charge in [0.1, 0.15) is 15.9 Å². The van der Waals surface area contributed by atoms with E-state index in [1.165, 1.54) is 6.07 Å². The zero-order chi connectivity index (χ0) is 17.2. The Kier molecular flexibility index (Phi) is 5.12. The maximum atomic E-state index is 12.4. The highest BCUT2D eigenvalue weighted by molar-refractivity contribution is 7.89. The zero-order valence-electron chi connectivity index (χ0n) is 12.4. The monoisotopic (exact) mass is 383 g/mol. The highest BCUT2D eigenvalue weighted by Gasteiger charge is 2.19. The topological polar surface area (TPSA) is 92.2 Å². The third-order valence-electron chi connectivity index (χ3n) is 3.48. The third-order valence-corrected chi connectivity index (χ3v) is 5.75. The largest absolute Gasteiger partial charge is 0.388 e. The lowest BCUT2D eigenvalue weighted by Crippen LogP contribution is -2.26. The minimum atomic E-state index is -3.73. The van der Waals surface area contributed by atoms with Gasteiger partial charge in [0, 0.05) is 11.6 Å². The molecule has 1 atom stereocenters. The van der Waals surface area contributed by atoms with Crippen molar-refractivity contribution in [2.24, 2.45) is 0 Å². The van der Waals surface area contributed by atoms with Gasteiger partial charge in [-0.15, -0.1) is 0 Å². The van der Waals surface area contributed by atoms with E-state index in [2.05, 4.69) is 13.5 Å². The van der Waals surface area contributed by atoms with E-state index in [0.717, 1.165) is 11.7 Å². The standard InChI is InChI=1S/C15H14ClN3O3S2/c16-11-4-1-3-10(9-11)13(20)7-8-17-24(21,22)14-6-2-5-12-15(14)19-23-18-12/h1-6,9,13,17,20H,7-8H2. The summed E-state index contributed by atoms with van der Waals surface area (Å²) in [4.78, 5) is 0.0889. The number of hydrogen-bond donors (Lipinski definition) is 2. The van der Waals surface area contributed by atoms with Gasteiger partial charge < -0.3 is 5.11 Å². The quantitative estimate of drug-likeness (QED) is 0.682. The van der Waals surface area contributed by atoms with Gasteiger partial charge in [-0.25, -0.2) is 13.1 Å². The molecular formula is C15H14ClN3O3S2. The predicted octanol–water partition coefficient (Wildman–Crippen LogP) is 2.75. The summed E-state index contributed by atoms with van der Waals surface area (Å²) in [6, 6.07) is 11.7. The van der Waals surface area contributed by atoms with Gasteiger partial charge in [-0.2, -0.15) is 8.75 Å². The summed E-state index contributed by atoms with van der Waals surface area (Å²) in [6.07, 6.45) is -0.576. The van der Waals surface area contributed by atoms with E-state index in [9.17, 15) is 13.5 Å². The van der Waals surface area contributed by atoms with Crippen molar-refractivity contribution >= 4 is 44.4 Å². The molecule has 2 aromatic carbocycles. The number of aromatic nitrogens is 2. The minimum Gasteiger partial charge on any atom is -0.388 e. The molecule has 1 unspecified atom stereocenters. The van der Waals surface area contributed by atoms with Crippen LogP contribution in [0.2, 0.25) is 5.02 Å². The van der Waals surface area contributed by atoms with Crippen LogP contribution in [-0.4, -0.2) is 28.8 Å². The Hall–Kier alpha value is -1.58. The van der Waals surface area contributed by atoms with Crippen LogP contribution < -0.4 is 4.72 Å². The van der Waals surface area contributed by atoms with Crippen LogP contribution >= 0.6 is 23.3 Å². The molecule has 0 aliphatic heterocycles. The molecule has 0 spiro atoms. The summed E-state index contributed by atoms with van der Waals surface area (Å²) in [5, 5.41) is 10.7. The average molecular weight is 384 g/mol. The van der Waals surface area contributed by atoms with E-state index >= 15 is 0 Å². The molecule has 2 N–H and O–H groups in total. The van der Waals surface area contributed by atoms with Crippen molar-refractivity contribution in [2.75, 3.05) is 6.54 Å². The highest BCUT2D eigenvalue weighted by atomic mass is 35.5. The number of sulfonamides is 1. The first-order valence-corrected chi connectivity index (χ1v) is 9.71. The van der Waals surface area contributed by atoms with Crippen molar-refractivity contribution in [3.8, 4) is 0 Å². The number of halogens is 1. The van der Waals surface area contributed by atoms with E-state index in [4.69, 9.17) is 11.6 Å². The molecule has 0 aliphatic carbocycles. The summed E-state index contributed by atoms with van der Waals surface area (Å²) < 4.78 is 35.4. The molecule has 0 fully saturated rings. The number of nitrogens with one attached hydrogen (secondary N) is 1. The predicted molar refractivity (Wildman–Crippen MR) is 93.6 cm³/mol. The number of rotatable bonds is 6. The normalized spacial score (nSPS) is 13.2. The average Bonchev–Trinajstić information content (AvgIpc) is 3.03. The Bertz CT molecular complexity index is 959. The molecule has 1 heterocycles. The Labute approximate surface area is 148 Å². The maximum absolute atomic E-state index is 12.4. The van der Waals surface area contributed by atoms with Crippen molar-refractivity contribution in [1.29, 1.82) is 0 Å². The van der Waals surface area contributed by atoms with Crippen LogP contribution in [0.5, 0.6) is 0 Å². The first-order chi connectivity index (χ1) is 11.5. The number of benzene rings is 2. The Morgan fingerprint density at radius 3 is 2.79 bits per heavy atom. The molecule has 0 bridgehead atoms. The molecule has 0 saturated heterocycles. The molecule has 1 aromatic heterocycles. The van der Waals surface area contributed by atoms with Gasteiger partial charge in [0.05, 0.1) is 17.8 Å².